The normalized spacial score (nSPS) is 13.8. The van der Waals surface area contributed by atoms with E-state index in [2.05, 4.69) is 0 Å². The maximum atomic E-state index is 14.3. The molecule has 7 nitrogen and oxygen atoms in total. The third kappa shape index (κ3) is 4.11. The van der Waals surface area contributed by atoms with Gasteiger partial charge in [0, 0.05) is 11.1 Å². The molecule has 5 rings (SSSR count). The monoisotopic (exact) mass is 564 g/mol. The van der Waals surface area contributed by atoms with E-state index in [1.807, 2.05) is 0 Å². The van der Waals surface area contributed by atoms with Gasteiger partial charge in [0.1, 0.15) is 5.56 Å². The van der Waals surface area contributed by atoms with Crippen molar-refractivity contribution in [2.45, 2.75) is 10.7 Å². The molecule has 13 heteroatoms. The molecule has 200 valence electrons. The van der Waals surface area contributed by atoms with Crippen LogP contribution in [-0.2, 0) is 15.9 Å². The van der Waals surface area contributed by atoms with Crippen LogP contribution in [-0.4, -0.2) is 19.5 Å². The fraction of sp³-hybridized carbons (Fsp3) is 0.0385. The molecule has 0 saturated carbocycles. The number of rotatable bonds is 6. The van der Waals surface area contributed by atoms with Crippen molar-refractivity contribution in [2.75, 3.05) is 0 Å². The Morgan fingerprint density at radius 1 is 0.718 bits per heavy atom. The van der Waals surface area contributed by atoms with Crippen LogP contribution < -0.4 is 13.7 Å². The Labute approximate surface area is 216 Å². The van der Waals surface area contributed by atoms with Crippen LogP contribution in [0, 0.1) is 29.1 Å². The van der Waals surface area contributed by atoms with Crippen LogP contribution >= 0.6 is 0 Å². The van der Waals surface area contributed by atoms with Crippen molar-refractivity contribution in [1.82, 2.24) is 0 Å². The molecule has 0 spiro atoms. The zero-order chi connectivity index (χ0) is 28.1. The number of carbonyl (C=O) groups is 1. The molecule has 1 aliphatic heterocycles. The summed E-state index contributed by atoms with van der Waals surface area (Å²) in [5.41, 5.74) is -0.127. The highest BCUT2D eigenvalue weighted by molar-refractivity contribution is 7.87. The molecule has 0 saturated heterocycles. The van der Waals surface area contributed by atoms with Crippen molar-refractivity contribution < 1.29 is 53.9 Å². The zero-order valence-electron chi connectivity index (χ0n) is 19.1. The first kappa shape index (κ1) is 26.0. The quantitative estimate of drug-likeness (QED) is 0.143. The van der Waals surface area contributed by atoms with Gasteiger partial charge in [-0.05, 0) is 12.1 Å². The standard InChI is InChI=1S/C26H13F5O7S/c27-17-18(28)20(30)24(21(31)19(17)29)39(34,35)38-22-15(25(32)33)11-12-16-23(22)37-26(36-16,13-7-3-1-4-8-13)14-9-5-2-6-10-14/h1-12H,(H,32,33). The number of fused-ring (bicyclic) bond motifs is 1. The number of halogens is 5. The highest BCUT2D eigenvalue weighted by atomic mass is 32.2. The van der Waals surface area contributed by atoms with Crippen LogP contribution in [0.2, 0.25) is 0 Å². The van der Waals surface area contributed by atoms with Crippen molar-refractivity contribution in [2.24, 2.45) is 0 Å². The van der Waals surface area contributed by atoms with Gasteiger partial charge >= 0.3 is 21.9 Å². The van der Waals surface area contributed by atoms with Crippen molar-refractivity contribution in [3.05, 3.63) is 119 Å². The minimum atomic E-state index is -5.88. The molecule has 0 unspecified atom stereocenters. The molecule has 4 aromatic rings. The third-order valence-electron chi connectivity index (χ3n) is 5.73. The molecule has 0 aromatic heterocycles. The first-order chi connectivity index (χ1) is 18.5. The number of carboxylic acid groups (broad SMARTS) is 1. The molecule has 4 aromatic carbocycles. The van der Waals surface area contributed by atoms with Gasteiger partial charge in [0.25, 0.3) is 0 Å². The largest absolute Gasteiger partial charge is 0.478 e. The maximum absolute atomic E-state index is 14.3. The smallest absolute Gasteiger partial charge is 0.345 e. The fourth-order valence-electron chi connectivity index (χ4n) is 3.97. The van der Waals surface area contributed by atoms with E-state index in [-0.39, 0.29) is 5.75 Å². The van der Waals surface area contributed by atoms with E-state index in [0.717, 1.165) is 12.1 Å². The van der Waals surface area contributed by atoms with Crippen LogP contribution in [0.15, 0.2) is 77.7 Å². The Bertz CT molecular complexity index is 1660. The molecule has 0 fully saturated rings. The van der Waals surface area contributed by atoms with E-state index in [1.165, 1.54) is 0 Å². The van der Waals surface area contributed by atoms with Gasteiger partial charge in [-0.1, -0.05) is 60.7 Å². The molecule has 0 amide bonds. The summed E-state index contributed by atoms with van der Waals surface area (Å²) in [6.45, 7) is 0. The molecule has 1 heterocycles. The van der Waals surface area contributed by atoms with Crippen molar-refractivity contribution >= 4 is 16.1 Å². The second-order valence-corrected chi connectivity index (χ2v) is 9.55. The second-order valence-electron chi connectivity index (χ2n) is 8.06. The van der Waals surface area contributed by atoms with E-state index in [9.17, 15) is 40.3 Å². The highest BCUT2D eigenvalue weighted by Crippen LogP contribution is 2.53. The van der Waals surface area contributed by atoms with E-state index >= 15 is 0 Å². The molecule has 0 atom stereocenters. The molecule has 0 radical (unpaired) electrons. The van der Waals surface area contributed by atoms with Gasteiger partial charge in [-0.2, -0.15) is 8.42 Å². The summed E-state index contributed by atoms with van der Waals surface area (Å²) in [6, 6.07) is 18.3. The first-order valence-electron chi connectivity index (χ1n) is 10.8. The molecule has 39 heavy (non-hydrogen) atoms. The van der Waals surface area contributed by atoms with Gasteiger partial charge in [-0.3, -0.25) is 0 Å². The average molecular weight is 564 g/mol. The summed E-state index contributed by atoms with van der Waals surface area (Å²) < 4.78 is 112. The Balaban J connectivity index is 1.70. The fourth-order valence-corrected chi connectivity index (χ4v) is 5.05. The molecular weight excluding hydrogens is 551 g/mol. The minimum absolute atomic E-state index is 0.240. The van der Waals surface area contributed by atoms with E-state index < -0.39 is 72.9 Å². The second kappa shape index (κ2) is 9.27. The summed E-state index contributed by atoms with van der Waals surface area (Å²) in [7, 11) is -5.88. The number of hydrogen-bond acceptors (Lipinski definition) is 6. The lowest BCUT2D eigenvalue weighted by Crippen LogP contribution is -2.36. The molecule has 1 N–H and O–H groups in total. The lowest BCUT2D eigenvalue weighted by Gasteiger charge is -2.28. The van der Waals surface area contributed by atoms with Crippen LogP contribution in [0.3, 0.4) is 0 Å². The van der Waals surface area contributed by atoms with Crippen LogP contribution in [0.1, 0.15) is 21.5 Å². The van der Waals surface area contributed by atoms with Gasteiger partial charge in [0.15, 0.2) is 33.9 Å². The number of hydrogen-bond donors (Lipinski definition) is 1. The first-order valence-corrected chi connectivity index (χ1v) is 12.2. The Kier molecular flexibility index (Phi) is 6.18. The highest BCUT2D eigenvalue weighted by Gasteiger charge is 2.48. The van der Waals surface area contributed by atoms with Crippen molar-refractivity contribution in [1.29, 1.82) is 0 Å². The van der Waals surface area contributed by atoms with E-state index in [4.69, 9.17) is 13.7 Å². The van der Waals surface area contributed by atoms with Gasteiger partial charge in [-0.25, -0.2) is 26.7 Å². The number of ether oxygens (including phenoxy) is 2. The predicted octanol–water partition coefficient (Wildman–Crippen LogP) is 5.52. The summed E-state index contributed by atoms with van der Waals surface area (Å²) in [5.74, 6) is -18.6. The van der Waals surface area contributed by atoms with Crippen molar-refractivity contribution in [3.63, 3.8) is 0 Å². The van der Waals surface area contributed by atoms with Gasteiger partial charge in [0.05, 0.1) is 0 Å². The van der Waals surface area contributed by atoms with Crippen LogP contribution in [0.25, 0.3) is 0 Å². The molecular formula is C26H13F5O7S. The number of aromatic carboxylic acids is 1. The predicted molar refractivity (Wildman–Crippen MR) is 122 cm³/mol. The van der Waals surface area contributed by atoms with Crippen molar-refractivity contribution in [3.8, 4) is 17.2 Å². The number of benzene rings is 4. The topological polar surface area (TPSA) is 99.1 Å². The SMILES string of the molecule is O=C(O)c1ccc2c(c1OS(=O)(=O)c1c(F)c(F)c(F)c(F)c1F)OC(c1ccccc1)(c1ccccc1)O2. The third-order valence-corrected chi connectivity index (χ3v) is 6.97. The maximum Gasteiger partial charge on any atom is 0.345 e. The summed E-state index contributed by atoms with van der Waals surface area (Å²) in [6.07, 6.45) is 0. The Morgan fingerprint density at radius 2 is 1.21 bits per heavy atom. The number of carboxylic acids is 1. The van der Waals surface area contributed by atoms with E-state index in [0.29, 0.717) is 11.1 Å². The summed E-state index contributed by atoms with van der Waals surface area (Å²) >= 11 is 0. The summed E-state index contributed by atoms with van der Waals surface area (Å²) in [5, 5.41) is 9.67. The average Bonchev–Trinajstić information content (AvgIpc) is 3.33. The zero-order valence-corrected chi connectivity index (χ0v) is 19.9. The minimum Gasteiger partial charge on any atom is -0.478 e. The Morgan fingerprint density at radius 3 is 1.69 bits per heavy atom. The molecule has 0 bridgehead atoms. The van der Waals surface area contributed by atoms with Crippen LogP contribution in [0.5, 0.6) is 17.2 Å². The lowest BCUT2D eigenvalue weighted by atomic mass is 9.97. The molecule has 0 aliphatic carbocycles. The van der Waals surface area contributed by atoms with Gasteiger partial charge in [-0.15, -0.1) is 0 Å². The van der Waals surface area contributed by atoms with Crippen LogP contribution in [0.4, 0.5) is 22.0 Å². The molecule has 1 aliphatic rings. The summed E-state index contributed by atoms with van der Waals surface area (Å²) in [4.78, 5) is 9.63. The van der Waals surface area contributed by atoms with Gasteiger partial charge in [0.2, 0.25) is 17.3 Å². The Hall–Kier alpha value is -4.65. The van der Waals surface area contributed by atoms with E-state index in [1.54, 1.807) is 60.7 Å². The lowest BCUT2D eigenvalue weighted by molar-refractivity contribution is -0.0464. The van der Waals surface area contributed by atoms with Gasteiger partial charge < -0.3 is 18.8 Å².